The van der Waals surface area contributed by atoms with Crippen molar-refractivity contribution in [3.63, 3.8) is 0 Å². The second-order valence-electron chi connectivity index (χ2n) is 3.68. The molecule has 0 aromatic rings. The molecule has 1 atom stereocenters. The topological polar surface area (TPSA) is 0 Å². The fourth-order valence-electron chi connectivity index (χ4n) is 1.54. The van der Waals surface area contributed by atoms with Gasteiger partial charge in [0.2, 0.25) is 0 Å². The second kappa shape index (κ2) is 6.69. The largest absolute Gasteiger partial charge is 0.0654 e. The molecule has 0 aliphatic rings. The second-order valence-corrected chi connectivity index (χ2v) is 3.68. The molecule has 0 spiro atoms. The highest BCUT2D eigenvalue weighted by Gasteiger charge is 2.09. The van der Waals surface area contributed by atoms with Crippen molar-refractivity contribution < 1.29 is 0 Å². The third-order valence-corrected chi connectivity index (χ3v) is 2.47. The van der Waals surface area contributed by atoms with Crippen molar-refractivity contribution in [1.29, 1.82) is 0 Å². The van der Waals surface area contributed by atoms with Gasteiger partial charge in [0.15, 0.2) is 0 Å². The molecule has 1 unspecified atom stereocenters. The fraction of sp³-hybridized carbons (Fsp3) is 0.909. The average Bonchev–Trinajstić information content (AvgIpc) is 1.97. The lowest BCUT2D eigenvalue weighted by molar-refractivity contribution is 0.461. The van der Waals surface area contributed by atoms with Gasteiger partial charge in [0.1, 0.15) is 0 Å². The standard InChI is InChI=1S/C11H23/c1-5-7-8-9-11(6-2)10(3)4/h11H,5-9H2,1-4H3. The summed E-state index contributed by atoms with van der Waals surface area (Å²) < 4.78 is 0. The first-order valence-electron chi connectivity index (χ1n) is 5.02. The van der Waals surface area contributed by atoms with E-state index in [0.717, 1.165) is 5.92 Å². The van der Waals surface area contributed by atoms with Gasteiger partial charge in [-0.25, -0.2) is 0 Å². The Morgan fingerprint density at radius 1 is 1.09 bits per heavy atom. The SMILES string of the molecule is CCCCCC(CC)[C](C)C. The van der Waals surface area contributed by atoms with E-state index in [1.54, 1.807) is 5.92 Å². The van der Waals surface area contributed by atoms with Crippen molar-refractivity contribution in [2.75, 3.05) is 0 Å². The summed E-state index contributed by atoms with van der Waals surface area (Å²) in [5, 5.41) is 0. The number of hydrogen-bond acceptors (Lipinski definition) is 0. The van der Waals surface area contributed by atoms with E-state index in [4.69, 9.17) is 0 Å². The molecule has 0 fully saturated rings. The first-order valence-corrected chi connectivity index (χ1v) is 5.02. The highest BCUT2D eigenvalue weighted by atomic mass is 14.1. The molecule has 1 radical (unpaired) electrons. The quantitative estimate of drug-likeness (QED) is 0.504. The minimum Gasteiger partial charge on any atom is -0.0654 e. The molecular weight excluding hydrogens is 132 g/mol. The first-order chi connectivity index (χ1) is 5.22. The molecule has 0 bridgehead atoms. The number of rotatable bonds is 6. The lowest BCUT2D eigenvalue weighted by atomic mass is 9.88. The molecule has 0 aromatic carbocycles. The zero-order valence-corrected chi connectivity index (χ0v) is 8.61. The van der Waals surface area contributed by atoms with Gasteiger partial charge in [-0.1, -0.05) is 53.4 Å². The van der Waals surface area contributed by atoms with Crippen LogP contribution in [-0.2, 0) is 0 Å². The zero-order chi connectivity index (χ0) is 8.69. The van der Waals surface area contributed by atoms with Crippen molar-refractivity contribution in [3.8, 4) is 0 Å². The van der Waals surface area contributed by atoms with E-state index in [1.165, 1.54) is 32.1 Å². The smallest absolute Gasteiger partial charge is 0.0272 e. The monoisotopic (exact) mass is 155 g/mol. The number of unbranched alkanes of at least 4 members (excludes halogenated alkanes) is 2. The lowest BCUT2D eigenvalue weighted by Gasteiger charge is -2.17. The highest BCUT2D eigenvalue weighted by Crippen LogP contribution is 2.22. The Morgan fingerprint density at radius 3 is 2.09 bits per heavy atom. The normalized spacial score (nSPS) is 13.9. The summed E-state index contributed by atoms with van der Waals surface area (Å²) in [5.41, 5.74) is 0. The van der Waals surface area contributed by atoms with Crippen LogP contribution >= 0.6 is 0 Å². The van der Waals surface area contributed by atoms with Crippen molar-refractivity contribution in [2.45, 2.75) is 59.8 Å². The van der Waals surface area contributed by atoms with Crippen LogP contribution in [0.1, 0.15) is 59.8 Å². The Labute approximate surface area is 72.4 Å². The maximum atomic E-state index is 2.30. The van der Waals surface area contributed by atoms with Crippen LogP contribution in [0.25, 0.3) is 0 Å². The van der Waals surface area contributed by atoms with Crippen molar-refractivity contribution in [1.82, 2.24) is 0 Å². The third-order valence-electron chi connectivity index (χ3n) is 2.47. The van der Waals surface area contributed by atoms with E-state index in [-0.39, 0.29) is 0 Å². The minimum absolute atomic E-state index is 0.890. The van der Waals surface area contributed by atoms with Crippen LogP contribution in [0.15, 0.2) is 0 Å². The van der Waals surface area contributed by atoms with Gasteiger partial charge in [0.05, 0.1) is 0 Å². The Balaban J connectivity index is 3.36. The summed E-state index contributed by atoms with van der Waals surface area (Å²) in [7, 11) is 0. The Hall–Kier alpha value is 0. The van der Waals surface area contributed by atoms with Crippen LogP contribution in [0.2, 0.25) is 0 Å². The Morgan fingerprint density at radius 2 is 1.73 bits per heavy atom. The summed E-state index contributed by atoms with van der Waals surface area (Å²) in [4.78, 5) is 0. The molecule has 0 nitrogen and oxygen atoms in total. The lowest BCUT2D eigenvalue weighted by Crippen LogP contribution is -2.04. The van der Waals surface area contributed by atoms with Crippen LogP contribution in [-0.4, -0.2) is 0 Å². The molecule has 0 aromatic heterocycles. The predicted molar refractivity (Wildman–Crippen MR) is 52.5 cm³/mol. The van der Waals surface area contributed by atoms with Crippen molar-refractivity contribution in [3.05, 3.63) is 5.92 Å². The number of hydrogen-bond donors (Lipinski definition) is 0. The molecule has 67 valence electrons. The molecule has 0 saturated carbocycles. The Kier molecular flexibility index (Phi) is 6.69. The van der Waals surface area contributed by atoms with Crippen LogP contribution in [0.5, 0.6) is 0 Å². The van der Waals surface area contributed by atoms with Crippen molar-refractivity contribution in [2.24, 2.45) is 5.92 Å². The zero-order valence-electron chi connectivity index (χ0n) is 8.61. The molecule has 11 heavy (non-hydrogen) atoms. The van der Waals surface area contributed by atoms with Gasteiger partial charge in [-0.3, -0.25) is 0 Å². The van der Waals surface area contributed by atoms with Gasteiger partial charge in [-0.15, -0.1) is 0 Å². The molecule has 0 heteroatoms. The van der Waals surface area contributed by atoms with Gasteiger partial charge in [-0.2, -0.15) is 0 Å². The fourth-order valence-corrected chi connectivity index (χ4v) is 1.54. The van der Waals surface area contributed by atoms with E-state index in [2.05, 4.69) is 27.7 Å². The van der Waals surface area contributed by atoms with Crippen LogP contribution < -0.4 is 0 Å². The molecule has 0 amide bonds. The summed E-state index contributed by atoms with van der Waals surface area (Å²) in [6.45, 7) is 9.09. The van der Waals surface area contributed by atoms with E-state index < -0.39 is 0 Å². The van der Waals surface area contributed by atoms with Crippen LogP contribution in [0, 0.1) is 11.8 Å². The third kappa shape index (κ3) is 5.29. The average molecular weight is 155 g/mol. The van der Waals surface area contributed by atoms with Crippen LogP contribution in [0.3, 0.4) is 0 Å². The molecule has 0 rings (SSSR count). The molecule has 0 N–H and O–H groups in total. The maximum Gasteiger partial charge on any atom is -0.0272 e. The van der Waals surface area contributed by atoms with Crippen LogP contribution in [0.4, 0.5) is 0 Å². The summed E-state index contributed by atoms with van der Waals surface area (Å²) in [6.07, 6.45) is 6.90. The summed E-state index contributed by atoms with van der Waals surface area (Å²) >= 11 is 0. The molecule has 0 heterocycles. The van der Waals surface area contributed by atoms with E-state index in [9.17, 15) is 0 Å². The summed E-state index contributed by atoms with van der Waals surface area (Å²) in [5.74, 6) is 2.50. The Bertz CT molecular complexity index is 74.1. The van der Waals surface area contributed by atoms with E-state index in [1.807, 2.05) is 0 Å². The van der Waals surface area contributed by atoms with Crippen molar-refractivity contribution >= 4 is 0 Å². The van der Waals surface area contributed by atoms with Gasteiger partial charge in [-0.05, 0) is 18.3 Å². The van der Waals surface area contributed by atoms with Gasteiger partial charge < -0.3 is 0 Å². The molecule has 0 aliphatic heterocycles. The minimum atomic E-state index is 0.890. The maximum absolute atomic E-state index is 2.30. The highest BCUT2D eigenvalue weighted by molar-refractivity contribution is 4.85. The van der Waals surface area contributed by atoms with Gasteiger partial charge in [0, 0.05) is 0 Å². The van der Waals surface area contributed by atoms with E-state index in [0.29, 0.717) is 0 Å². The first kappa shape index (κ1) is 11.0. The van der Waals surface area contributed by atoms with Gasteiger partial charge >= 0.3 is 0 Å². The molecule has 0 saturated heterocycles. The molecular formula is C11H23. The molecule has 0 aliphatic carbocycles. The van der Waals surface area contributed by atoms with E-state index >= 15 is 0 Å². The predicted octanol–water partition coefficient (Wildman–Crippen LogP) is 4.21. The van der Waals surface area contributed by atoms with Gasteiger partial charge in [0.25, 0.3) is 0 Å². The summed E-state index contributed by atoms with van der Waals surface area (Å²) in [6, 6.07) is 0.